The molecule has 0 radical (unpaired) electrons. The van der Waals surface area contributed by atoms with Crippen molar-refractivity contribution in [1.82, 2.24) is 14.8 Å². The monoisotopic (exact) mass is 442 g/mol. The molecule has 33 heavy (non-hydrogen) atoms. The normalized spacial score (nSPS) is 10.7. The second-order valence-electron chi connectivity index (χ2n) is 7.59. The third kappa shape index (κ3) is 5.84. The number of benzene rings is 3. The average Bonchev–Trinajstić information content (AvgIpc) is 3.25. The molecule has 4 aromatic rings. The number of aryl methyl sites for hydroxylation is 1. The molecule has 7 nitrogen and oxygen atoms in total. The summed E-state index contributed by atoms with van der Waals surface area (Å²) in [5.74, 6) is 0.604. The summed E-state index contributed by atoms with van der Waals surface area (Å²) >= 11 is 0. The molecular formula is C26H26N4O3. The van der Waals surface area contributed by atoms with Crippen LogP contribution in [0.15, 0.2) is 78.9 Å². The van der Waals surface area contributed by atoms with Crippen molar-refractivity contribution in [3.8, 4) is 23.1 Å². The van der Waals surface area contributed by atoms with Gasteiger partial charge in [-0.2, -0.15) is 4.98 Å². The molecule has 3 aromatic carbocycles. The van der Waals surface area contributed by atoms with Crippen LogP contribution < -0.4 is 10.1 Å². The van der Waals surface area contributed by atoms with Gasteiger partial charge in [0.25, 0.3) is 0 Å². The van der Waals surface area contributed by atoms with Crippen molar-refractivity contribution in [3.05, 3.63) is 90.0 Å². The lowest BCUT2D eigenvalue weighted by molar-refractivity contribution is -0.115. The summed E-state index contributed by atoms with van der Waals surface area (Å²) in [5.41, 5.74) is 4.58. The predicted molar refractivity (Wildman–Crippen MR) is 128 cm³/mol. The maximum atomic E-state index is 12.4. The van der Waals surface area contributed by atoms with Crippen LogP contribution in [-0.4, -0.2) is 41.0 Å². The third-order valence-electron chi connectivity index (χ3n) is 5.02. The molecule has 0 aliphatic heterocycles. The Morgan fingerprint density at radius 1 is 0.939 bits per heavy atom. The Bertz CT molecular complexity index is 1190. The molecule has 0 bridgehead atoms. The van der Waals surface area contributed by atoms with E-state index >= 15 is 0 Å². The molecule has 0 aliphatic rings. The molecule has 0 aliphatic carbocycles. The molecule has 0 fully saturated rings. The Kier molecular flexibility index (Phi) is 7.12. The number of amides is 1. The van der Waals surface area contributed by atoms with Crippen LogP contribution >= 0.6 is 0 Å². The van der Waals surface area contributed by atoms with Crippen LogP contribution in [0.5, 0.6) is 6.01 Å². The van der Waals surface area contributed by atoms with Crippen molar-refractivity contribution in [1.29, 1.82) is 0 Å². The number of methoxy groups -OCH3 is 1. The van der Waals surface area contributed by atoms with E-state index in [0.717, 1.165) is 22.4 Å². The van der Waals surface area contributed by atoms with Gasteiger partial charge in [0.05, 0.1) is 18.7 Å². The van der Waals surface area contributed by atoms with Crippen LogP contribution in [0.3, 0.4) is 0 Å². The zero-order valence-corrected chi connectivity index (χ0v) is 18.7. The van der Waals surface area contributed by atoms with Crippen molar-refractivity contribution in [2.45, 2.75) is 13.3 Å². The number of aromatic nitrogens is 3. The topological polar surface area (TPSA) is 78.3 Å². The molecule has 1 N–H and O–H groups in total. The molecule has 1 heterocycles. The van der Waals surface area contributed by atoms with E-state index in [1.807, 2.05) is 85.8 Å². The van der Waals surface area contributed by atoms with Gasteiger partial charge in [0, 0.05) is 18.4 Å². The first-order valence-electron chi connectivity index (χ1n) is 10.7. The standard InChI is InChI=1S/C26H26N4O3/c1-19-8-10-21(11-9-19)25-28-26(33-17-16-32-2)29-30(25)23-14-12-22(13-15-23)27-24(31)18-20-6-4-3-5-7-20/h3-15H,16-18H2,1-2H3,(H,27,31). The minimum absolute atomic E-state index is 0.0659. The molecule has 1 amide bonds. The van der Waals surface area contributed by atoms with Crippen molar-refractivity contribution in [2.75, 3.05) is 25.6 Å². The largest absolute Gasteiger partial charge is 0.460 e. The fraction of sp³-hybridized carbons (Fsp3) is 0.192. The van der Waals surface area contributed by atoms with Gasteiger partial charge < -0.3 is 14.8 Å². The lowest BCUT2D eigenvalue weighted by Gasteiger charge is -2.09. The summed E-state index contributed by atoms with van der Waals surface area (Å²) in [6.45, 7) is 2.85. The van der Waals surface area contributed by atoms with E-state index in [4.69, 9.17) is 9.47 Å². The molecule has 0 saturated carbocycles. The van der Waals surface area contributed by atoms with E-state index in [1.54, 1.807) is 11.8 Å². The van der Waals surface area contributed by atoms with E-state index in [9.17, 15) is 4.79 Å². The Labute approximate surface area is 193 Å². The van der Waals surface area contributed by atoms with E-state index < -0.39 is 0 Å². The van der Waals surface area contributed by atoms with Gasteiger partial charge in [-0.15, -0.1) is 5.10 Å². The first-order valence-corrected chi connectivity index (χ1v) is 10.7. The number of nitrogens with zero attached hydrogens (tertiary/aromatic N) is 3. The zero-order chi connectivity index (χ0) is 23.0. The van der Waals surface area contributed by atoms with Crippen molar-refractivity contribution < 1.29 is 14.3 Å². The van der Waals surface area contributed by atoms with E-state index in [1.165, 1.54) is 0 Å². The summed E-state index contributed by atoms with van der Waals surface area (Å²) in [4.78, 5) is 16.9. The van der Waals surface area contributed by atoms with Crippen molar-refractivity contribution in [2.24, 2.45) is 0 Å². The lowest BCUT2D eigenvalue weighted by Crippen LogP contribution is -2.14. The minimum Gasteiger partial charge on any atom is -0.460 e. The highest BCUT2D eigenvalue weighted by atomic mass is 16.5. The van der Waals surface area contributed by atoms with Gasteiger partial charge in [-0.1, -0.05) is 60.2 Å². The second-order valence-corrected chi connectivity index (χ2v) is 7.59. The summed E-state index contributed by atoms with van der Waals surface area (Å²) in [5, 5.41) is 7.48. The van der Waals surface area contributed by atoms with Crippen molar-refractivity contribution >= 4 is 11.6 Å². The second kappa shape index (κ2) is 10.6. The van der Waals surface area contributed by atoms with Crippen LogP contribution in [0.25, 0.3) is 17.1 Å². The molecule has 7 heteroatoms. The fourth-order valence-corrected chi connectivity index (χ4v) is 3.31. The summed E-state index contributed by atoms with van der Waals surface area (Å²) < 4.78 is 12.4. The van der Waals surface area contributed by atoms with E-state index in [2.05, 4.69) is 15.4 Å². The Balaban J connectivity index is 1.54. The van der Waals surface area contributed by atoms with Crippen LogP contribution in [-0.2, 0) is 16.0 Å². The smallest absolute Gasteiger partial charge is 0.336 e. The minimum atomic E-state index is -0.0659. The zero-order valence-electron chi connectivity index (χ0n) is 18.7. The predicted octanol–water partition coefficient (Wildman–Crippen LogP) is 4.45. The van der Waals surface area contributed by atoms with Crippen LogP contribution in [0.4, 0.5) is 5.69 Å². The number of ether oxygens (including phenoxy) is 2. The third-order valence-corrected chi connectivity index (χ3v) is 5.02. The summed E-state index contributed by atoms with van der Waals surface area (Å²) in [6, 6.07) is 25.5. The number of carbonyl (C=O) groups is 1. The van der Waals surface area contributed by atoms with Crippen LogP contribution in [0, 0.1) is 6.92 Å². The Morgan fingerprint density at radius 2 is 1.67 bits per heavy atom. The average molecular weight is 443 g/mol. The maximum Gasteiger partial charge on any atom is 0.336 e. The first kappa shape index (κ1) is 22.2. The highest BCUT2D eigenvalue weighted by molar-refractivity contribution is 5.92. The number of carbonyl (C=O) groups excluding carboxylic acids is 1. The molecule has 4 rings (SSSR count). The molecule has 0 saturated heterocycles. The summed E-state index contributed by atoms with van der Waals surface area (Å²) in [6.07, 6.45) is 0.325. The van der Waals surface area contributed by atoms with Gasteiger partial charge in [0.15, 0.2) is 5.82 Å². The number of hydrogen-bond acceptors (Lipinski definition) is 5. The SMILES string of the molecule is COCCOc1nc(-c2ccc(C)cc2)n(-c2ccc(NC(=O)Cc3ccccc3)cc2)n1. The number of nitrogens with one attached hydrogen (secondary N) is 1. The Hall–Kier alpha value is -3.97. The highest BCUT2D eigenvalue weighted by Crippen LogP contribution is 2.25. The van der Waals surface area contributed by atoms with Gasteiger partial charge in [0.1, 0.15) is 6.61 Å². The van der Waals surface area contributed by atoms with Crippen molar-refractivity contribution in [3.63, 3.8) is 0 Å². The molecule has 1 aromatic heterocycles. The number of rotatable bonds is 9. The highest BCUT2D eigenvalue weighted by Gasteiger charge is 2.15. The summed E-state index contributed by atoms with van der Waals surface area (Å²) in [7, 11) is 1.62. The molecule has 0 atom stereocenters. The Morgan fingerprint density at radius 3 is 2.36 bits per heavy atom. The quantitative estimate of drug-likeness (QED) is 0.388. The van der Waals surface area contributed by atoms with Crippen LogP contribution in [0.1, 0.15) is 11.1 Å². The molecular weight excluding hydrogens is 416 g/mol. The number of anilines is 1. The molecule has 168 valence electrons. The first-order chi connectivity index (χ1) is 16.1. The van der Waals surface area contributed by atoms with Crippen LogP contribution in [0.2, 0.25) is 0 Å². The van der Waals surface area contributed by atoms with Gasteiger partial charge in [-0.3, -0.25) is 4.79 Å². The van der Waals surface area contributed by atoms with Gasteiger partial charge in [-0.25, -0.2) is 4.68 Å². The molecule has 0 unspecified atom stereocenters. The van der Waals surface area contributed by atoms with E-state index in [-0.39, 0.29) is 11.9 Å². The maximum absolute atomic E-state index is 12.4. The molecule has 0 spiro atoms. The van der Waals surface area contributed by atoms with Gasteiger partial charge in [0.2, 0.25) is 5.91 Å². The fourth-order valence-electron chi connectivity index (χ4n) is 3.31. The van der Waals surface area contributed by atoms with E-state index in [0.29, 0.717) is 31.1 Å². The lowest BCUT2D eigenvalue weighted by atomic mass is 10.1. The van der Waals surface area contributed by atoms with Gasteiger partial charge in [-0.05, 0) is 36.8 Å². The van der Waals surface area contributed by atoms with Gasteiger partial charge >= 0.3 is 6.01 Å². The number of hydrogen-bond donors (Lipinski definition) is 1.